The van der Waals surface area contributed by atoms with E-state index in [1.165, 1.54) is 0 Å². The molecule has 5 heteroatoms. The van der Waals surface area contributed by atoms with E-state index in [-0.39, 0.29) is 0 Å². The quantitative estimate of drug-likeness (QED) is 0.658. The molecule has 0 bridgehead atoms. The Balaban J connectivity index is 1.46. The van der Waals surface area contributed by atoms with E-state index in [1.807, 2.05) is 36.7 Å². The fraction of sp³-hybridized carbons (Fsp3) is 0.294. The molecule has 2 N–H and O–H groups in total. The van der Waals surface area contributed by atoms with Gasteiger partial charge in [0.1, 0.15) is 11.6 Å². The number of aromatic nitrogens is 3. The number of hydrogen-bond acceptors (Lipinski definition) is 4. The zero-order valence-electron chi connectivity index (χ0n) is 12.8. The van der Waals surface area contributed by atoms with E-state index in [1.54, 1.807) is 0 Å². The topological polar surface area (TPSA) is 54.8 Å². The predicted molar refractivity (Wildman–Crippen MR) is 89.8 cm³/mol. The molecule has 22 heavy (non-hydrogen) atoms. The lowest BCUT2D eigenvalue weighted by molar-refractivity contribution is 0.621. The number of aryl methyl sites for hydroxylation is 1. The van der Waals surface area contributed by atoms with Crippen LogP contribution in [0.15, 0.2) is 48.8 Å². The van der Waals surface area contributed by atoms with E-state index in [0.717, 1.165) is 48.7 Å². The summed E-state index contributed by atoms with van der Waals surface area (Å²) in [7, 11) is 0. The summed E-state index contributed by atoms with van der Waals surface area (Å²) in [5.74, 6) is 1.99. The van der Waals surface area contributed by atoms with Gasteiger partial charge in [-0.25, -0.2) is 9.97 Å². The van der Waals surface area contributed by atoms with Crippen molar-refractivity contribution in [3.05, 3.63) is 54.6 Å². The van der Waals surface area contributed by atoms with Gasteiger partial charge in [-0.1, -0.05) is 18.2 Å². The maximum atomic E-state index is 4.59. The highest BCUT2D eigenvalue weighted by Crippen LogP contribution is 2.14. The maximum Gasteiger partial charge on any atom is 0.126 e. The average molecular weight is 295 g/mol. The van der Waals surface area contributed by atoms with Crippen LogP contribution in [0.4, 0.5) is 5.82 Å². The average Bonchev–Trinajstić information content (AvgIpc) is 3.02. The van der Waals surface area contributed by atoms with Gasteiger partial charge in [0, 0.05) is 37.4 Å². The van der Waals surface area contributed by atoms with Crippen LogP contribution in [0.5, 0.6) is 0 Å². The second kappa shape index (κ2) is 7.04. The fourth-order valence-corrected chi connectivity index (χ4v) is 2.44. The molecule has 0 atom stereocenters. The summed E-state index contributed by atoms with van der Waals surface area (Å²) in [6, 6.07) is 12.3. The Morgan fingerprint density at radius 1 is 1.09 bits per heavy atom. The van der Waals surface area contributed by atoms with Gasteiger partial charge in [-0.2, -0.15) is 0 Å². The molecule has 0 fully saturated rings. The van der Waals surface area contributed by atoms with E-state index in [0.29, 0.717) is 0 Å². The minimum Gasteiger partial charge on any atom is -0.369 e. The van der Waals surface area contributed by atoms with Gasteiger partial charge in [0.15, 0.2) is 0 Å². The Labute approximate surface area is 130 Å². The predicted octanol–water partition coefficient (Wildman–Crippen LogP) is 2.65. The van der Waals surface area contributed by atoms with Gasteiger partial charge in [-0.3, -0.25) is 0 Å². The molecule has 0 amide bonds. The minimum absolute atomic E-state index is 0.785. The highest BCUT2D eigenvalue weighted by Gasteiger charge is 2.00. The van der Waals surface area contributed by atoms with Gasteiger partial charge in [-0.05, 0) is 25.1 Å². The summed E-state index contributed by atoms with van der Waals surface area (Å²) in [5.41, 5.74) is 1.02. The van der Waals surface area contributed by atoms with Crippen molar-refractivity contribution in [3.63, 3.8) is 0 Å². The molecule has 0 radical (unpaired) electrons. The Bertz CT molecular complexity index is 735. The van der Waals surface area contributed by atoms with Crippen molar-refractivity contribution in [2.75, 3.05) is 18.4 Å². The van der Waals surface area contributed by atoms with Crippen molar-refractivity contribution >= 4 is 16.7 Å². The van der Waals surface area contributed by atoms with Gasteiger partial charge < -0.3 is 15.2 Å². The number of imidazole rings is 1. The first-order valence-electron chi connectivity index (χ1n) is 7.67. The largest absolute Gasteiger partial charge is 0.369 e. The zero-order valence-corrected chi connectivity index (χ0v) is 12.8. The highest BCUT2D eigenvalue weighted by molar-refractivity contribution is 5.79. The van der Waals surface area contributed by atoms with E-state index in [2.05, 4.69) is 44.2 Å². The number of anilines is 1. The summed E-state index contributed by atoms with van der Waals surface area (Å²) in [5, 5.41) is 7.91. The van der Waals surface area contributed by atoms with E-state index >= 15 is 0 Å². The molecular weight excluding hydrogens is 274 g/mol. The van der Waals surface area contributed by atoms with Crippen molar-refractivity contribution in [2.45, 2.75) is 20.0 Å². The summed E-state index contributed by atoms with van der Waals surface area (Å²) >= 11 is 0. The number of pyridine rings is 1. The first-order chi connectivity index (χ1) is 10.9. The monoisotopic (exact) mass is 295 g/mol. The zero-order chi connectivity index (χ0) is 15.2. The molecular formula is C17H21N5. The molecule has 2 heterocycles. The van der Waals surface area contributed by atoms with Crippen LogP contribution in [0.3, 0.4) is 0 Å². The van der Waals surface area contributed by atoms with Crippen LogP contribution in [0.2, 0.25) is 0 Å². The first-order valence-corrected chi connectivity index (χ1v) is 7.67. The number of nitrogens with one attached hydrogen (secondary N) is 2. The second-order valence-electron chi connectivity index (χ2n) is 5.12. The van der Waals surface area contributed by atoms with Crippen LogP contribution in [-0.4, -0.2) is 27.6 Å². The van der Waals surface area contributed by atoms with Gasteiger partial charge in [0.05, 0.1) is 12.1 Å². The Morgan fingerprint density at radius 2 is 2.00 bits per heavy atom. The lowest BCUT2D eigenvalue weighted by Crippen LogP contribution is -2.23. The number of hydrogen-bond donors (Lipinski definition) is 2. The molecule has 0 aliphatic carbocycles. The molecule has 0 aliphatic rings. The number of nitrogens with zero attached hydrogens (tertiary/aromatic N) is 3. The number of para-hydroxylation sites is 1. The summed E-state index contributed by atoms with van der Waals surface area (Å²) < 4.78 is 2.14. The van der Waals surface area contributed by atoms with Crippen LogP contribution in [0, 0.1) is 0 Å². The highest BCUT2D eigenvalue weighted by atomic mass is 15.1. The van der Waals surface area contributed by atoms with E-state index < -0.39 is 0 Å². The van der Waals surface area contributed by atoms with Crippen LogP contribution in [0.25, 0.3) is 10.9 Å². The molecule has 0 unspecified atom stereocenters. The molecule has 0 saturated heterocycles. The SMILES string of the molecule is CCn1ccnc1CNCCNc1ccc2ccccc2n1. The smallest absolute Gasteiger partial charge is 0.126 e. The molecule has 3 aromatic rings. The summed E-state index contributed by atoms with van der Waals surface area (Å²) in [6.07, 6.45) is 3.85. The molecule has 0 spiro atoms. The molecule has 1 aromatic carbocycles. The second-order valence-corrected chi connectivity index (χ2v) is 5.12. The Morgan fingerprint density at radius 3 is 2.91 bits per heavy atom. The standard InChI is InChI=1S/C17H21N5/c1-2-22-12-11-20-17(22)13-18-9-10-19-16-8-7-14-5-3-4-6-15(14)21-16/h3-8,11-12,18H,2,9-10,13H2,1H3,(H,19,21). The van der Waals surface area contributed by atoms with Crippen molar-refractivity contribution < 1.29 is 0 Å². The summed E-state index contributed by atoms with van der Waals surface area (Å²) in [6.45, 7) is 5.56. The molecule has 0 aliphatic heterocycles. The molecule has 114 valence electrons. The third kappa shape index (κ3) is 3.43. The lowest BCUT2D eigenvalue weighted by Gasteiger charge is -2.09. The lowest BCUT2D eigenvalue weighted by atomic mass is 10.2. The van der Waals surface area contributed by atoms with Crippen molar-refractivity contribution in [2.24, 2.45) is 0 Å². The Kier molecular flexibility index (Phi) is 4.65. The number of rotatable bonds is 7. The molecule has 5 nitrogen and oxygen atoms in total. The van der Waals surface area contributed by atoms with Crippen molar-refractivity contribution in [1.82, 2.24) is 19.9 Å². The first kappa shape index (κ1) is 14.5. The summed E-state index contributed by atoms with van der Waals surface area (Å²) in [4.78, 5) is 8.94. The van der Waals surface area contributed by atoms with Crippen molar-refractivity contribution in [1.29, 1.82) is 0 Å². The Hall–Kier alpha value is -2.40. The van der Waals surface area contributed by atoms with Crippen molar-refractivity contribution in [3.8, 4) is 0 Å². The third-order valence-electron chi connectivity index (χ3n) is 3.63. The van der Waals surface area contributed by atoms with E-state index in [9.17, 15) is 0 Å². The van der Waals surface area contributed by atoms with Gasteiger partial charge >= 0.3 is 0 Å². The fourth-order valence-electron chi connectivity index (χ4n) is 2.44. The third-order valence-corrected chi connectivity index (χ3v) is 3.63. The normalized spacial score (nSPS) is 11.0. The molecule has 2 aromatic heterocycles. The van der Waals surface area contributed by atoms with Gasteiger partial charge in [0.25, 0.3) is 0 Å². The molecule has 3 rings (SSSR count). The van der Waals surface area contributed by atoms with Crippen LogP contribution in [0.1, 0.15) is 12.7 Å². The van der Waals surface area contributed by atoms with Gasteiger partial charge in [-0.15, -0.1) is 0 Å². The van der Waals surface area contributed by atoms with Crippen LogP contribution in [-0.2, 0) is 13.1 Å². The maximum absolute atomic E-state index is 4.59. The number of fused-ring (bicyclic) bond motifs is 1. The van der Waals surface area contributed by atoms with Gasteiger partial charge in [0.2, 0.25) is 0 Å². The minimum atomic E-state index is 0.785. The van der Waals surface area contributed by atoms with Crippen LogP contribution >= 0.6 is 0 Å². The van der Waals surface area contributed by atoms with Crippen LogP contribution < -0.4 is 10.6 Å². The molecule has 0 saturated carbocycles. The van der Waals surface area contributed by atoms with E-state index in [4.69, 9.17) is 0 Å². The number of benzene rings is 1.